The summed E-state index contributed by atoms with van der Waals surface area (Å²) in [5.74, 6) is -0.594. The second-order valence-electron chi connectivity index (χ2n) is 5.73. The highest BCUT2D eigenvalue weighted by atomic mass is 79.9. The van der Waals surface area contributed by atoms with Crippen molar-refractivity contribution in [1.29, 1.82) is 0 Å². The van der Waals surface area contributed by atoms with Crippen LogP contribution in [0.1, 0.15) is 18.1 Å². The van der Waals surface area contributed by atoms with Gasteiger partial charge in [-0.1, -0.05) is 28.1 Å². The van der Waals surface area contributed by atoms with Crippen LogP contribution < -0.4 is 10.2 Å². The van der Waals surface area contributed by atoms with Crippen LogP contribution in [0.4, 0.5) is 15.8 Å². The van der Waals surface area contributed by atoms with E-state index in [4.69, 9.17) is 0 Å². The molecule has 0 saturated carbocycles. The summed E-state index contributed by atoms with van der Waals surface area (Å²) >= 11 is 3.44. The third kappa shape index (κ3) is 3.48. The van der Waals surface area contributed by atoms with Crippen molar-refractivity contribution in [2.75, 3.05) is 16.8 Å². The van der Waals surface area contributed by atoms with Gasteiger partial charge in [0.15, 0.2) is 0 Å². The van der Waals surface area contributed by atoms with Crippen LogP contribution >= 0.6 is 15.9 Å². The lowest BCUT2D eigenvalue weighted by atomic mass is 10.1. The Balaban J connectivity index is 1.83. The zero-order valence-corrected chi connectivity index (χ0v) is 14.7. The molecule has 2 aromatic rings. The van der Waals surface area contributed by atoms with Crippen molar-refractivity contribution < 1.29 is 14.0 Å². The van der Waals surface area contributed by atoms with Gasteiger partial charge in [0.25, 0.3) is 0 Å². The summed E-state index contributed by atoms with van der Waals surface area (Å²) in [4.78, 5) is 25.8. The van der Waals surface area contributed by atoms with Gasteiger partial charge in [0.1, 0.15) is 5.82 Å². The Morgan fingerprint density at radius 1 is 1.25 bits per heavy atom. The first kappa shape index (κ1) is 16.6. The van der Waals surface area contributed by atoms with Gasteiger partial charge in [-0.3, -0.25) is 9.59 Å². The molecule has 1 heterocycles. The highest BCUT2D eigenvalue weighted by molar-refractivity contribution is 9.10. The molecule has 2 aromatic carbocycles. The number of hydrogen-bond acceptors (Lipinski definition) is 2. The summed E-state index contributed by atoms with van der Waals surface area (Å²) in [6.45, 7) is 2.13. The molecule has 2 amide bonds. The molecule has 1 aliphatic rings. The van der Waals surface area contributed by atoms with E-state index >= 15 is 0 Å². The van der Waals surface area contributed by atoms with Gasteiger partial charge >= 0.3 is 0 Å². The number of carbonyl (C=O) groups is 2. The maximum atomic E-state index is 12.9. The van der Waals surface area contributed by atoms with Gasteiger partial charge in [-0.15, -0.1) is 0 Å². The Bertz CT molecular complexity index is 805. The number of anilines is 2. The maximum Gasteiger partial charge on any atom is 0.228 e. The highest BCUT2D eigenvalue weighted by Crippen LogP contribution is 2.38. The Labute approximate surface area is 147 Å². The van der Waals surface area contributed by atoms with Crippen LogP contribution in [0.15, 0.2) is 40.9 Å². The van der Waals surface area contributed by atoms with Gasteiger partial charge in [0, 0.05) is 17.9 Å². The topological polar surface area (TPSA) is 49.4 Å². The van der Waals surface area contributed by atoms with E-state index in [2.05, 4.69) is 21.2 Å². The van der Waals surface area contributed by atoms with E-state index in [1.807, 2.05) is 6.07 Å². The average Bonchev–Trinajstić information content (AvgIpc) is 2.93. The van der Waals surface area contributed by atoms with Crippen molar-refractivity contribution in [3.05, 3.63) is 57.8 Å². The fourth-order valence-electron chi connectivity index (χ4n) is 2.90. The summed E-state index contributed by atoms with van der Waals surface area (Å²) in [5.41, 5.74) is 3.12. The molecule has 0 fully saturated rings. The van der Waals surface area contributed by atoms with E-state index in [0.717, 1.165) is 27.7 Å². The van der Waals surface area contributed by atoms with Gasteiger partial charge in [-0.05, 0) is 41.8 Å². The molecule has 1 aliphatic heterocycles. The molecule has 0 atom stereocenters. The molecule has 6 heteroatoms. The normalized spacial score (nSPS) is 12.9. The molecule has 0 aromatic heterocycles. The molecular formula is C18H16BrFN2O2. The highest BCUT2D eigenvalue weighted by Gasteiger charge is 2.26. The van der Waals surface area contributed by atoms with Crippen LogP contribution in [0, 0.1) is 5.82 Å². The summed E-state index contributed by atoms with van der Waals surface area (Å²) in [6.07, 6.45) is 0.900. The van der Waals surface area contributed by atoms with Crippen LogP contribution in [0.5, 0.6) is 0 Å². The molecule has 124 valence electrons. The molecule has 0 aliphatic carbocycles. The number of rotatable bonds is 3. The van der Waals surface area contributed by atoms with Crippen LogP contribution in [0.3, 0.4) is 0 Å². The largest absolute Gasteiger partial charge is 0.324 e. The predicted octanol–water partition coefficient (Wildman–Crippen LogP) is 3.68. The molecule has 1 N–H and O–H groups in total. The first-order valence-electron chi connectivity index (χ1n) is 7.59. The van der Waals surface area contributed by atoms with E-state index in [9.17, 15) is 14.0 Å². The van der Waals surface area contributed by atoms with Gasteiger partial charge in [-0.2, -0.15) is 0 Å². The fourth-order valence-corrected chi connectivity index (χ4v) is 3.41. The molecule has 0 spiro atoms. The van der Waals surface area contributed by atoms with E-state index in [1.54, 1.807) is 23.1 Å². The molecular weight excluding hydrogens is 375 g/mol. The summed E-state index contributed by atoms with van der Waals surface area (Å²) < 4.78 is 13.8. The third-order valence-corrected chi connectivity index (χ3v) is 4.42. The van der Waals surface area contributed by atoms with Crippen molar-refractivity contribution in [1.82, 2.24) is 0 Å². The number of halogens is 2. The number of hydrogen-bond donors (Lipinski definition) is 1. The van der Waals surface area contributed by atoms with Crippen molar-refractivity contribution in [2.24, 2.45) is 0 Å². The summed E-state index contributed by atoms with van der Waals surface area (Å²) in [6, 6.07) is 9.59. The Morgan fingerprint density at radius 2 is 1.96 bits per heavy atom. The lowest BCUT2D eigenvalue weighted by Gasteiger charge is -2.19. The predicted molar refractivity (Wildman–Crippen MR) is 94.6 cm³/mol. The lowest BCUT2D eigenvalue weighted by molar-refractivity contribution is -0.117. The molecule has 0 saturated heterocycles. The zero-order valence-electron chi connectivity index (χ0n) is 13.1. The van der Waals surface area contributed by atoms with Gasteiger partial charge in [0.05, 0.1) is 17.8 Å². The zero-order chi connectivity index (χ0) is 17.3. The minimum atomic E-state index is -0.332. The molecule has 0 radical (unpaired) electrons. The minimum absolute atomic E-state index is 0.0508. The van der Waals surface area contributed by atoms with E-state index in [1.165, 1.54) is 19.1 Å². The van der Waals surface area contributed by atoms with E-state index in [0.29, 0.717) is 12.2 Å². The number of fused-ring (bicyclic) bond motifs is 1. The van der Waals surface area contributed by atoms with Crippen LogP contribution in [0.2, 0.25) is 0 Å². The molecule has 3 rings (SSSR count). The van der Waals surface area contributed by atoms with Crippen LogP contribution in [-0.4, -0.2) is 18.4 Å². The standard InChI is InChI=1S/C18H16BrFN2O2/c1-11(23)22-7-6-13-9-14(19)10-16(18(13)22)21-17(24)8-12-2-4-15(20)5-3-12/h2-5,9-10H,6-8H2,1H3,(H,21,24). The van der Waals surface area contributed by atoms with Crippen molar-refractivity contribution >= 4 is 39.1 Å². The van der Waals surface area contributed by atoms with E-state index in [-0.39, 0.29) is 24.1 Å². The Morgan fingerprint density at radius 3 is 2.62 bits per heavy atom. The van der Waals surface area contributed by atoms with Crippen molar-refractivity contribution in [2.45, 2.75) is 19.8 Å². The number of carbonyl (C=O) groups excluding carboxylic acids is 2. The van der Waals surface area contributed by atoms with Crippen LogP contribution in [-0.2, 0) is 22.4 Å². The number of nitrogens with zero attached hydrogens (tertiary/aromatic N) is 1. The number of nitrogens with one attached hydrogen (secondary N) is 1. The number of benzene rings is 2. The van der Waals surface area contributed by atoms with Crippen molar-refractivity contribution in [3.8, 4) is 0 Å². The molecule has 4 nitrogen and oxygen atoms in total. The van der Waals surface area contributed by atoms with Gasteiger partial charge in [-0.25, -0.2) is 4.39 Å². The van der Waals surface area contributed by atoms with Crippen LogP contribution in [0.25, 0.3) is 0 Å². The first-order valence-corrected chi connectivity index (χ1v) is 8.38. The monoisotopic (exact) mass is 390 g/mol. The Hall–Kier alpha value is -2.21. The van der Waals surface area contributed by atoms with Gasteiger partial charge < -0.3 is 10.2 Å². The van der Waals surface area contributed by atoms with E-state index < -0.39 is 0 Å². The first-order chi connectivity index (χ1) is 11.4. The smallest absolute Gasteiger partial charge is 0.228 e. The summed E-state index contributed by atoms with van der Waals surface area (Å²) in [5, 5.41) is 2.87. The third-order valence-electron chi connectivity index (χ3n) is 3.96. The quantitative estimate of drug-likeness (QED) is 0.868. The second kappa shape index (κ2) is 6.73. The molecule has 0 unspecified atom stereocenters. The number of amides is 2. The summed E-state index contributed by atoms with van der Waals surface area (Å²) in [7, 11) is 0. The average molecular weight is 391 g/mol. The van der Waals surface area contributed by atoms with Crippen molar-refractivity contribution in [3.63, 3.8) is 0 Å². The maximum absolute atomic E-state index is 12.9. The van der Waals surface area contributed by atoms with Gasteiger partial charge in [0.2, 0.25) is 11.8 Å². The fraction of sp³-hybridized carbons (Fsp3) is 0.222. The minimum Gasteiger partial charge on any atom is -0.324 e. The second-order valence-corrected chi connectivity index (χ2v) is 6.65. The lowest BCUT2D eigenvalue weighted by Crippen LogP contribution is -2.27. The Kier molecular flexibility index (Phi) is 4.66. The molecule has 0 bridgehead atoms. The molecule has 24 heavy (non-hydrogen) atoms. The SMILES string of the molecule is CC(=O)N1CCc2cc(Br)cc(NC(=O)Cc3ccc(F)cc3)c21.